The Morgan fingerprint density at radius 1 is 1.30 bits per heavy atom. The van der Waals surface area contributed by atoms with Gasteiger partial charge in [-0.1, -0.05) is 13.8 Å². The fourth-order valence-corrected chi connectivity index (χ4v) is 0.762. The van der Waals surface area contributed by atoms with Crippen molar-refractivity contribution in [1.82, 2.24) is 4.90 Å². The van der Waals surface area contributed by atoms with Gasteiger partial charge >= 0.3 is 0 Å². The number of likely N-dealkylation sites (N-methyl/N-ethyl adjacent to an activating group) is 1. The Balaban J connectivity index is 0. The van der Waals surface area contributed by atoms with E-state index in [1.54, 1.807) is 6.92 Å². The molecule has 0 aliphatic carbocycles. The van der Waals surface area contributed by atoms with Crippen LogP contribution < -0.4 is 0 Å². The Kier molecular flexibility index (Phi) is 8.85. The first-order chi connectivity index (χ1) is 4.20. The molecule has 0 saturated carbocycles. The van der Waals surface area contributed by atoms with Crippen molar-refractivity contribution in [2.45, 2.75) is 20.8 Å². The largest absolute Gasteiger partial charge is 0.299 e. The Bertz CT molecular complexity index is 91.6. The van der Waals surface area contributed by atoms with Crippen molar-refractivity contribution in [2.24, 2.45) is 0 Å². The van der Waals surface area contributed by atoms with E-state index in [0.717, 1.165) is 13.1 Å². The van der Waals surface area contributed by atoms with Crippen LogP contribution in [0.25, 0.3) is 0 Å². The van der Waals surface area contributed by atoms with E-state index in [1.807, 2.05) is 0 Å². The third-order valence-corrected chi connectivity index (χ3v) is 1.34. The van der Waals surface area contributed by atoms with Gasteiger partial charge in [-0.25, -0.2) is 0 Å². The number of hydrogen-bond donors (Lipinski definition) is 0. The molecule has 0 atom stereocenters. The topological polar surface area (TPSA) is 20.3 Å². The minimum absolute atomic E-state index is 0. The highest BCUT2D eigenvalue weighted by atomic mass is 35.5. The van der Waals surface area contributed by atoms with E-state index < -0.39 is 0 Å². The van der Waals surface area contributed by atoms with Crippen LogP contribution in [0.2, 0.25) is 0 Å². The van der Waals surface area contributed by atoms with E-state index in [-0.39, 0.29) is 18.2 Å². The molecule has 0 heterocycles. The number of Topliss-reactive ketones (excluding diaryl/α,β-unsaturated/α-hetero) is 1. The molecule has 0 aromatic rings. The molecule has 0 N–H and O–H groups in total. The van der Waals surface area contributed by atoms with Crippen LogP contribution in [0.15, 0.2) is 0 Å². The molecule has 10 heavy (non-hydrogen) atoms. The minimum atomic E-state index is 0. The van der Waals surface area contributed by atoms with Crippen molar-refractivity contribution < 1.29 is 4.79 Å². The maximum Gasteiger partial charge on any atom is 0.143 e. The van der Waals surface area contributed by atoms with Crippen LogP contribution in [0.4, 0.5) is 0 Å². The molecule has 2 nitrogen and oxygen atoms in total. The second kappa shape index (κ2) is 7.03. The van der Waals surface area contributed by atoms with E-state index in [0.29, 0.717) is 6.54 Å². The molecule has 62 valence electrons. The van der Waals surface area contributed by atoms with E-state index in [4.69, 9.17) is 0 Å². The van der Waals surface area contributed by atoms with E-state index in [2.05, 4.69) is 18.7 Å². The summed E-state index contributed by atoms with van der Waals surface area (Å²) in [5, 5.41) is 0. The summed E-state index contributed by atoms with van der Waals surface area (Å²) in [7, 11) is 0. The van der Waals surface area contributed by atoms with Gasteiger partial charge in [0.05, 0.1) is 6.54 Å². The summed E-state index contributed by atoms with van der Waals surface area (Å²) in [5.74, 6) is 0.249. The fraction of sp³-hybridized carbons (Fsp3) is 0.857. The smallest absolute Gasteiger partial charge is 0.143 e. The normalized spacial score (nSPS) is 9.20. The molecule has 0 rings (SSSR count). The number of ketones is 1. The summed E-state index contributed by atoms with van der Waals surface area (Å²) in [6.45, 7) is 8.29. The molecule has 0 bridgehead atoms. The highest BCUT2D eigenvalue weighted by molar-refractivity contribution is 5.85. The summed E-state index contributed by atoms with van der Waals surface area (Å²) in [6, 6.07) is 0. The average molecular weight is 166 g/mol. The molecule has 0 fully saturated rings. The lowest BCUT2D eigenvalue weighted by Crippen LogP contribution is -2.27. The van der Waals surface area contributed by atoms with Crippen LogP contribution in [0.5, 0.6) is 0 Å². The fourth-order valence-electron chi connectivity index (χ4n) is 0.762. The SMILES string of the molecule is CCN(CC)CC(C)=O.Cl. The van der Waals surface area contributed by atoms with Gasteiger partial charge in [-0.2, -0.15) is 0 Å². The van der Waals surface area contributed by atoms with Gasteiger partial charge in [0, 0.05) is 0 Å². The standard InChI is InChI=1S/C7H15NO.ClH/c1-4-8(5-2)6-7(3)9;/h4-6H2,1-3H3;1H. The Labute approximate surface area is 69.0 Å². The van der Waals surface area contributed by atoms with Gasteiger partial charge < -0.3 is 0 Å². The van der Waals surface area contributed by atoms with Crippen molar-refractivity contribution in [1.29, 1.82) is 0 Å². The maximum atomic E-state index is 10.5. The van der Waals surface area contributed by atoms with E-state index >= 15 is 0 Å². The lowest BCUT2D eigenvalue weighted by Gasteiger charge is -2.14. The zero-order chi connectivity index (χ0) is 7.28. The van der Waals surface area contributed by atoms with Gasteiger partial charge in [0.25, 0.3) is 0 Å². The second-order valence-corrected chi connectivity index (χ2v) is 2.16. The van der Waals surface area contributed by atoms with Gasteiger partial charge in [-0.15, -0.1) is 12.4 Å². The van der Waals surface area contributed by atoms with Gasteiger partial charge in [0.1, 0.15) is 5.78 Å². The van der Waals surface area contributed by atoms with E-state index in [1.165, 1.54) is 0 Å². The molecule has 0 radical (unpaired) electrons. The number of hydrogen-bond acceptors (Lipinski definition) is 2. The summed E-state index contributed by atoms with van der Waals surface area (Å²) in [5.41, 5.74) is 0. The number of nitrogens with zero attached hydrogens (tertiary/aromatic N) is 1. The van der Waals surface area contributed by atoms with Crippen LogP contribution in [0.3, 0.4) is 0 Å². The first-order valence-corrected chi connectivity index (χ1v) is 3.42. The highest BCUT2D eigenvalue weighted by Gasteiger charge is 1.99. The molecule has 0 aliphatic rings. The van der Waals surface area contributed by atoms with Crippen molar-refractivity contribution in [3.63, 3.8) is 0 Å². The second-order valence-electron chi connectivity index (χ2n) is 2.16. The maximum absolute atomic E-state index is 10.5. The summed E-state index contributed by atoms with van der Waals surface area (Å²) >= 11 is 0. The van der Waals surface area contributed by atoms with Crippen molar-refractivity contribution in [3.8, 4) is 0 Å². The summed E-state index contributed by atoms with van der Waals surface area (Å²) < 4.78 is 0. The molecule has 0 aromatic carbocycles. The molecule has 0 amide bonds. The summed E-state index contributed by atoms with van der Waals surface area (Å²) in [4.78, 5) is 12.6. The van der Waals surface area contributed by atoms with Gasteiger partial charge in [0.2, 0.25) is 0 Å². The summed E-state index contributed by atoms with van der Waals surface area (Å²) in [6.07, 6.45) is 0. The molecule has 0 unspecified atom stereocenters. The van der Waals surface area contributed by atoms with Crippen molar-refractivity contribution in [2.75, 3.05) is 19.6 Å². The zero-order valence-electron chi connectivity index (χ0n) is 6.89. The van der Waals surface area contributed by atoms with E-state index in [9.17, 15) is 4.79 Å². The molecular weight excluding hydrogens is 150 g/mol. The zero-order valence-corrected chi connectivity index (χ0v) is 7.70. The number of halogens is 1. The van der Waals surface area contributed by atoms with Crippen LogP contribution in [0, 0.1) is 0 Å². The van der Waals surface area contributed by atoms with Crippen LogP contribution in [-0.2, 0) is 4.79 Å². The van der Waals surface area contributed by atoms with Gasteiger partial charge in [-0.05, 0) is 20.0 Å². The predicted octanol–water partition coefficient (Wildman–Crippen LogP) is 1.34. The van der Waals surface area contributed by atoms with Crippen LogP contribution in [-0.4, -0.2) is 30.3 Å². The van der Waals surface area contributed by atoms with Crippen molar-refractivity contribution in [3.05, 3.63) is 0 Å². The van der Waals surface area contributed by atoms with Crippen molar-refractivity contribution >= 4 is 18.2 Å². The van der Waals surface area contributed by atoms with Gasteiger partial charge in [0.15, 0.2) is 0 Å². The molecule has 0 aliphatic heterocycles. The third-order valence-electron chi connectivity index (χ3n) is 1.34. The number of carbonyl (C=O) groups excluding carboxylic acids is 1. The number of rotatable bonds is 4. The molecule has 0 saturated heterocycles. The lowest BCUT2D eigenvalue weighted by molar-refractivity contribution is -0.118. The Morgan fingerprint density at radius 2 is 1.70 bits per heavy atom. The first-order valence-electron chi connectivity index (χ1n) is 3.42. The molecule has 3 heteroatoms. The molecular formula is C7H16ClNO. The predicted molar refractivity (Wildman–Crippen MR) is 45.7 cm³/mol. The quantitative estimate of drug-likeness (QED) is 0.627. The number of carbonyl (C=O) groups is 1. The van der Waals surface area contributed by atoms with Gasteiger partial charge in [-0.3, -0.25) is 9.69 Å². The van der Waals surface area contributed by atoms with Crippen LogP contribution in [0.1, 0.15) is 20.8 Å². The monoisotopic (exact) mass is 165 g/mol. The Morgan fingerprint density at radius 3 is 1.80 bits per heavy atom. The first kappa shape index (κ1) is 12.6. The lowest BCUT2D eigenvalue weighted by atomic mass is 10.4. The van der Waals surface area contributed by atoms with Crippen LogP contribution >= 0.6 is 12.4 Å². The molecule has 0 aromatic heterocycles. The highest BCUT2D eigenvalue weighted by Crippen LogP contribution is 1.85. The molecule has 0 spiro atoms. The average Bonchev–Trinajstić information content (AvgIpc) is 1.82. The minimum Gasteiger partial charge on any atom is -0.299 e. The third kappa shape index (κ3) is 6.05. The Hall–Kier alpha value is -0.0800.